The second kappa shape index (κ2) is 3.69. The molecule has 0 atom stereocenters. The van der Waals surface area contributed by atoms with Gasteiger partial charge in [0.2, 0.25) is 0 Å². The Bertz CT molecular complexity index is 141. The average Bonchev–Trinajstić information content (AvgIpc) is 1.93. The number of rotatable bonds is 2. The first-order chi connectivity index (χ1) is 5.18. The fourth-order valence-corrected chi connectivity index (χ4v) is 1.20. The van der Waals surface area contributed by atoms with E-state index in [1.54, 1.807) is 0 Å². The SMILES string of the molecule is CN1CC[15N]([13CH2]C(=[18O])[18OH])CC1. The van der Waals surface area contributed by atoms with Crippen molar-refractivity contribution >= 4 is 5.97 Å². The van der Waals surface area contributed by atoms with Crippen molar-refractivity contribution in [1.29, 1.82) is 0 Å². The Morgan fingerprint density at radius 2 is 1.91 bits per heavy atom. The first-order valence-electron chi connectivity index (χ1n) is 3.81. The molecule has 0 amide bonds. The van der Waals surface area contributed by atoms with Crippen LogP contribution in [0.4, 0.5) is 0 Å². The molecule has 1 rings (SSSR count). The molecule has 0 unspecified atom stereocenters. The van der Waals surface area contributed by atoms with Crippen LogP contribution in [0.15, 0.2) is 0 Å². The van der Waals surface area contributed by atoms with Gasteiger partial charge >= 0.3 is 5.97 Å². The van der Waals surface area contributed by atoms with Gasteiger partial charge in [-0.15, -0.1) is 0 Å². The summed E-state index contributed by atoms with van der Waals surface area (Å²) < 4.78 is 0. The van der Waals surface area contributed by atoms with Crippen molar-refractivity contribution < 1.29 is 9.90 Å². The Labute approximate surface area is 66.4 Å². The van der Waals surface area contributed by atoms with Gasteiger partial charge in [0.05, 0.1) is 6.54 Å². The molecule has 4 nitrogen and oxygen atoms in total. The third-order valence-corrected chi connectivity index (χ3v) is 1.95. The molecule has 0 aliphatic carbocycles. The zero-order chi connectivity index (χ0) is 8.27. The Morgan fingerprint density at radius 3 is 2.36 bits per heavy atom. The van der Waals surface area contributed by atoms with Crippen LogP contribution < -0.4 is 0 Å². The zero-order valence-electron chi connectivity index (χ0n) is 6.79. The molecule has 1 aliphatic heterocycles. The molecule has 1 fully saturated rings. The number of carboxylic acid groups (broad SMARTS) is 1. The van der Waals surface area contributed by atoms with Crippen molar-refractivity contribution in [1.82, 2.24) is 9.80 Å². The van der Waals surface area contributed by atoms with E-state index in [9.17, 15) is 4.79 Å². The highest BCUT2D eigenvalue weighted by atomic mass is 18.2. The standard InChI is InChI=1S/C7H14N2O2/c1-8-2-4-9(5-3-8)6-7(10)11/h2-6H2,1H3,(H,10,11)/i6+1,9+1,10+2,11+2. The van der Waals surface area contributed by atoms with Gasteiger partial charge in [0, 0.05) is 26.2 Å². The van der Waals surface area contributed by atoms with E-state index >= 15 is 0 Å². The molecule has 4 heteroatoms. The molecule has 0 aromatic rings. The van der Waals surface area contributed by atoms with Crippen molar-refractivity contribution in [3.05, 3.63) is 0 Å². The monoisotopic (exact) mass is 164 g/mol. The summed E-state index contributed by atoms with van der Waals surface area (Å²) >= 11 is 0. The molecule has 0 bridgehead atoms. The number of aliphatic carboxylic acids is 1. The van der Waals surface area contributed by atoms with Gasteiger partial charge in [0.25, 0.3) is 0 Å². The van der Waals surface area contributed by atoms with Gasteiger partial charge in [-0.2, -0.15) is 0 Å². The molecule has 64 valence electrons. The Kier molecular flexibility index (Phi) is 2.84. The van der Waals surface area contributed by atoms with Crippen molar-refractivity contribution in [2.45, 2.75) is 0 Å². The Hall–Kier alpha value is -0.610. The highest BCUT2D eigenvalue weighted by molar-refractivity contribution is 5.69. The molecule has 1 heterocycles. The van der Waals surface area contributed by atoms with Gasteiger partial charge in [-0.05, 0) is 7.05 Å². The summed E-state index contributed by atoms with van der Waals surface area (Å²) in [6.45, 7) is 3.90. The maximum Gasteiger partial charge on any atom is 0.317 e. The van der Waals surface area contributed by atoms with Crippen LogP contribution in [0.1, 0.15) is 0 Å². The third kappa shape index (κ3) is 2.86. The quantitative estimate of drug-likeness (QED) is 0.333. The lowest BCUT2D eigenvalue weighted by atomic mass is 10.4. The van der Waals surface area contributed by atoms with Crippen LogP contribution in [-0.4, -0.2) is 60.6 Å². The lowest BCUT2D eigenvalue weighted by molar-refractivity contribution is -0.138. The Balaban J connectivity index is 2.22. The largest absolute Gasteiger partial charge is 0.480 e. The molecule has 0 aromatic heterocycles. The normalized spacial score (nSPS) is 21.9. The number of piperazine rings is 1. The van der Waals surface area contributed by atoms with Crippen LogP contribution in [0, 0.1) is 0 Å². The van der Waals surface area contributed by atoms with Crippen LogP contribution in [0.2, 0.25) is 0 Å². The van der Waals surface area contributed by atoms with E-state index in [4.69, 9.17) is 5.11 Å². The van der Waals surface area contributed by atoms with Gasteiger partial charge in [-0.1, -0.05) is 0 Å². The van der Waals surface area contributed by atoms with Crippen LogP contribution in [-0.2, 0) is 4.79 Å². The molecule has 11 heavy (non-hydrogen) atoms. The lowest BCUT2D eigenvalue weighted by Crippen LogP contribution is -2.46. The van der Waals surface area contributed by atoms with Crippen molar-refractivity contribution in [3.8, 4) is 0 Å². The molecule has 0 spiro atoms. The smallest absolute Gasteiger partial charge is 0.317 e. The lowest BCUT2D eigenvalue weighted by Gasteiger charge is -2.30. The number of hydrogen-bond acceptors (Lipinski definition) is 3. The average molecular weight is 164 g/mol. The van der Waals surface area contributed by atoms with E-state index in [0.29, 0.717) is 0 Å². The zero-order valence-corrected chi connectivity index (χ0v) is 6.79. The highest BCUT2D eigenvalue weighted by Crippen LogP contribution is 1.97. The van der Waals surface area contributed by atoms with E-state index in [2.05, 4.69) is 11.9 Å². The number of nitrogens with zero attached hydrogens (tertiary/aromatic N) is 2. The minimum absolute atomic E-state index is 0.188. The Morgan fingerprint density at radius 1 is 1.36 bits per heavy atom. The summed E-state index contributed by atoms with van der Waals surface area (Å²) in [5, 5.41) is 8.48. The van der Waals surface area contributed by atoms with Crippen molar-refractivity contribution in [3.63, 3.8) is 0 Å². The number of carbonyl (C=O) groups is 1. The second-order valence-corrected chi connectivity index (χ2v) is 2.97. The van der Waals surface area contributed by atoms with E-state index in [-0.39, 0.29) is 6.54 Å². The summed E-state index contributed by atoms with van der Waals surface area (Å²) in [7, 11) is 2.05. The van der Waals surface area contributed by atoms with E-state index in [1.807, 2.05) is 4.90 Å². The van der Waals surface area contributed by atoms with E-state index in [1.165, 1.54) is 0 Å². The minimum Gasteiger partial charge on any atom is -0.480 e. The fourth-order valence-electron chi connectivity index (χ4n) is 1.20. The molecular weight excluding hydrogens is 150 g/mol. The number of likely N-dealkylation sites (N-methyl/N-ethyl adjacent to an activating group) is 1. The molecular formula is C7H14N2O2. The van der Waals surface area contributed by atoms with Crippen LogP contribution in [0.5, 0.6) is 0 Å². The van der Waals surface area contributed by atoms with E-state index < -0.39 is 5.97 Å². The molecule has 1 N–H and O–H groups in total. The topological polar surface area (TPSA) is 43.8 Å². The third-order valence-electron chi connectivity index (χ3n) is 1.95. The van der Waals surface area contributed by atoms with Crippen molar-refractivity contribution in [2.75, 3.05) is 39.8 Å². The maximum absolute atomic E-state index is 10.3. The van der Waals surface area contributed by atoms with Gasteiger partial charge in [0.1, 0.15) is 0 Å². The van der Waals surface area contributed by atoms with Gasteiger partial charge in [-0.3, -0.25) is 9.69 Å². The minimum atomic E-state index is -0.727. The van der Waals surface area contributed by atoms with Crippen molar-refractivity contribution in [2.24, 2.45) is 0 Å². The van der Waals surface area contributed by atoms with Crippen LogP contribution in [0.3, 0.4) is 0 Å². The fraction of sp³-hybridized carbons (Fsp3) is 0.857. The summed E-state index contributed by atoms with van der Waals surface area (Å²) in [4.78, 5) is 14.5. The van der Waals surface area contributed by atoms with Crippen LogP contribution >= 0.6 is 0 Å². The molecule has 0 saturated carbocycles. The molecule has 1 saturated heterocycles. The number of carboxylic acids is 1. The summed E-state index contributed by atoms with van der Waals surface area (Å²) in [5.41, 5.74) is 0. The molecule has 1 aliphatic rings. The molecule has 0 aromatic carbocycles. The summed E-state index contributed by atoms with van der Waals surface area (Å²) in [6.07, 6.45) is 0. The van der Waals surface area contributed by atoms with Gasteiger partial charge < -0.3 is 10.0 Å². The summed E-state index contributed by atoms with van der Waals surface area (Å²) in [6, 6.07) is 0. The predicted molar refractivity (Wildman–Crippen MR) is 41.6 cm³/mol. The highest BCUT2D eigenvalue weighted by Gasteiger charge is 2.15. The first kappa shape index (κ1) is 8.49. The molecule has 0 radical (unpaired) electrons. The number of hydrogen-bond donors (Lipinski definition) is 1. The first-order valence-corrected chi connectivity index (χ1v) is 3.81. The van der Waals surface area contributed by atoms with E-state index in [0.717, 1.165) is 26.2 Å². The van der Waals surface area contributed by atoms with Gasteiger partial charge in [0.15, 0.2) is 0 Å². The maximum atomic E-state index is 10.3. The second-order valence-electron chi connectivity index (χ2n) is 2.97. The predicted octanol–water partition coefficient (Wildman–Crippen LogP) is -0.682. The van der Waals surface area contributed by atoms with Gasteiger partial charge in [-0.25, -0.2) is 0 Å². The summed E-state index contributed by atoms with van der Waals surface area (Å²) in [5.74, 6) is -0.727. The van der Waals surface area contributed by atoms with Crippen LogP contribution in [0.25, 0.3) is 0 Å².